The lowest BCUT2D eigenvalue weighted by Gasteiger charge is -2.15. The molecule has 0 aliphatic heterocycles. The van der Waals surface area contributed by atoms with E-state index in [2.05, 4.69) is 13.0 Å². The third-order valence-electron chi connectivity index (χ3n) is 2.68. The highest BCUT2D eigenvalue weighted by molar-refractivity contribution is 5.35. The molecule has 2 unspecified atom stereocenters. The molecule has 76 valence electrons. The topological polar surface area (TPSA) is 29.5 Å². The quantitative estimate of drug-likeness (QED) is 0.794. The van der Waals surface area contributed by atoms with Gasteiger partial charge in [-0.15, -0.1) is 0 Å². The molecule has 0 radical (unpaired) electrons. The Labute approximate surface area is 84.5 Å². The van der Waals surface area contributed by atoms with Gasteiger partial charge in [-0.05, 0) is 17.5 Å². The zero-order chi connectivity index (χ0) is 9.97. The normalized spacial score (nSPS) is 25.0. The van der Waals surface area contributed by atoms with Crippen LogP contribution in [0.1, 0.15) is 30.6 Å². The number of fused-ring (bicyclic) bond motifs is 1. The number of hydrogen-bond acceptors (Lipinski definition) is 2. The van der Waals surface area contributed by atoms with Gasteiger partial charge in [0.1, 0.15) is 6.10 Å². The third kappa shape index (κ3) is 1.68. The summed E-state index contributed by atoms with van der Waals surface area (Å²) in [5, 5.41) is 9.94. The second-order valence-corrected chi connectivity index (χ2v) is 3.76. The molecule has 0 saturated carbocycles. The zero-order valence-electron chi connectivity index (χ0n) is 8.44. The fourth-order valence-electron chi connectivity index (χ4n) is 1.96. The molecule has 2 atom stereocenters. The van der Waals surface area contributed by atoms with Crippen molar-refractivity contribution in [2.45, 2.75) is 32.0 Å². The van der Waals surface area contributed by atoms with Gasteiger partial charge in [-0.3, -0.25) is 0 Å². The molecular weight excluding hydrogens is 176 g/mol. The Morgan fingerprint density at radius 2 is 2.21 bits per heavy atom. The first kappa shape index (κ1) is 9.69. The molecule has 0 bridgehead atoms. The zero-order valence-corrected chi connectivity index (χ0v) is 8.44. The van der Waals surface area contributed by atoms with Crippen molar-refractivity contribution in [3.05, 3.63) is 35.4 Å². The summed E-state index contributed by atoms with van der Waals surface area (Å²) >= 11 is 0. The predicted octanol–water partition coefficient (Wildman–Crippen LogP) is 2.07. The Balaban J connectivity index is 2.09. The fourth-order valence-corrected chi connectivity index (χ4v) is 1.96. The van der Waals surface area contributed by atoms with Crippen LogP contribution in [0.15, 0.2) is 24.3 Å². The molecule has 2 nitrogen and oxygen atoms in total. The molecule has 0 spiro atoms. The van der Waals surface area contributed by atoms with Gasteiger partial charge < -0.3 is 9.84 Å². The number of aliphatic hydroxyl groups is 1. The van der Waals surface area contributed by atoms with Gasteiger partial charge in [-0.2, -0.15) is 0 Å². The van der Waals surface area contributed by atoms with Crippen LogP contribution in [0.2, 0.25) is 0 Å². The van der Waals surface area contributed by atoms with Gasteiger partial charge in [0.25, 0.3) is 0 Å². The van der Waals surface area contributed by atoms with Crippen LogP contribution in [0.3, 0.4) is 0 Å². The van der Waals surface area contributed by atoms with Gasteiger partial charge in [0.2, 0.25) is 0 Å². The molecule has 1 N–H and O–H groups in total. The molecule has 0 saturated heterocycles. The standard InChI is InChI=1S/C12H16O2/c1-2-7-14-11-8-9-5-3-4-6-10(9)12(11)13/h3-6,11-13H,2,7-8H2,1H3. The first-order valence-corrected chi connectivity index (χ1v) is 5.20. The third-order valence-corrected chi connectivity index (χ3v) is 2.68. The molecule has 1 aliphatic carbocycles. The highest BCUT2D eigenvalue weighted by Crippen LogP contribution is 2.32. The average Bonchev–Trinajstić information content (AvgIpc) is 2.54. The van der Waals surface area contributed by atoms with Gasteiger partial charge in [0.15, 0.2) is 0 Å². The molecular formula is C12H16O2. The van der Waals surface area contributed by atoms with Crippen molar-refractivity contribution in [2.24, 2.45) is 0 Å². The molecule has 14 heavy (non-hydrogen) atoms. The lowest BCUT2D eigenvalue weighted by atomic mass is 10.1. The van der Waals surface area contributed by atoms with E-state index in [0.29, 0.717) is 0 Å². The van der Waals surface area contributed by atoms with Crippen LogP contribution < -0.4 is 0 Å². The Kier molecular flexibility index (Phi) is 2.85. The van der Waals surface area contributed by atoms with Gasteiger partial charge in [-0.1, -0.05) is 31.2 Å². The predicted molar refractivity (Wildman–Crippen MR) is 55.1 cm³/mol. The van der Waals surface area contributed by atoms with E-state index in [1.54, 1.807) is 0 Å². The average molecular weight is 192 g/mol. The Hall–Kier alpha value is -0.860. The first-order valence-electron chi connectivity index (χ1n) is 5.20. The van der Waals surface area contributed by atoms with E-state index in [1.165, 1.54) is 5.56 Å². The molecule has 0 aromatic heterocycles. The highest BCUT2D eigenvalue weighted by atomic mass is 16.5. The molecule has 2 heteroatoms. The van der Waals surface area contributed by atoms with Crippen molar-refractivity contribution in [2.75, 3.05) is 6.61 Å². The number of rotatable bonds is 3. The molecule has 0 amide bonds. The van der Waals surface area contributed by atoms with Crippen molar-refractivity contribution >= 4 is 0 Å². The van der Waals surface area contributed by atoms with Gasteiger partial charge in [-0.25, -0.2) is 0 Å². The SMILES string of the molecule is CCCOC1Cc2ccccc2C1O. The summed E-state index contributed by atoms with van der Waals surface area (Å²) in [6, 6.07) is 8.02. The van der Waals surface area contributed by atoms with Gasteiger partial charge in [0.05, 0.1) is 6.10 Å². The largest absolute Gasteiger partial charge is 0.386 e. The summed E-state index contributed by atoms with van der Waals surface area (Å²) in [4.78, 5) is 0. The second kappa shape index (κ2) is 4.11. The van der Waals surface area contributed by atoms with E-state index in [4.69, 9.17) is 4.74 Å². The summed E-state index contributed by atoms with van der Waals surface area (Å²) in [6.45, 7) is 2.81. The minimum Gasteiger partial charge on any atom is -0.386 e. The number of ether oxygens (including phenoxy) is 1. The van der Waals surface area contributed by atoms with Crippen molar-refractivity contribution in [3.8, 4) is 0 Å². The van der Waals surface area contributed by atoms with Crippen molar-refractivity contribution in [1.29, 1.82) is 0 Å². The molecule has 2 rings (SSSR count). The maximum Gasteiger partial charge on any atom is 0.106 e. The van der Waals surface area contributed by atoms with Crippen molar-refractivity contribution in [3.63, 3.8) is 0 Å². The van der Waals surface area contributed by atoms with Crippen LogP contribution in [0.5, 0.6) is 0 Å². The number of benzene rings is 1. The lowest BCUT2D eigenvalue weighted by molar-refractivity contribution is -0.0273. The first-order chi connectivity index (χ1) is 6.83. The maximum absolute atomic E-state index is 9.94. The molecule has 1 aromatic carbocycles. The van der Waals surface area contributed by atoms with Crippen LogP contribution in [0, 0.1) is 0 Å². The van der Waals surface area contributed by atoms with Crippen LogP contribution in [-0.2, 0) is 11.2 Å². The number of aliphatic hydroxyl groups excluding tert-OH is 1. The summed E-state index contributed by atoms with van der Waals surface area (Å²) in [5.74, 6) is 0. The van der Waals surface area contributed by atoms with E-state index in [-0.39, 0.29) is 6.10 Å². The van der Waals surface area contributed by atoms with Crippen molar-refractivity contribution < 1.29 is 9.84 Å². The minimum atomic E-state index is -0.433. The van der Waals surface area contributed by atoms with Crippen LogP contribution in [-0.4, -0.2) is 17.8 Å². The van der Waals surface area contributed by atoms with E-state index >= 15 is 0 Å². The van der Waals surface area contributed by atoms with E-state index in [1.807, 2.05) is 18.2 Å². The smallest absolute Gasteiger partial charge is 0.106 e. The summed E-state index contributed by atoms with van der Waals surface area (Å²) < 4.78 is 5.60. The summed E-state index contributed by atoms with van der Waals surface area (Å²) in [7, 11) is 0. The van der Waals surface area contributed by atoms with Gasteiger partial charge in [0, 0.05) is 13.0 Å². The van der Waals surface area contributed by atoms with Crippen LogP contribution >= 0.6 is 0 Å². The highest BCUT2D eigenvalue weighted by Gasteiger charge is 2.30. The molecule has 0 heterocycles. The van der Waals surface area contributed by atoms with Crippen molar-refractivity contribution in [1.82, 2.24) is 0 Å². The van der Waals surface area contributed by atoms with E-state index in [0.717, 1.165) is 25.0 Å². The Morgan fingerprint density at radius 3 is 2.93 bits per heavy atom. The minimum absolute atomic E-state index is 0.0349. The molecule has 1 aliphatic rings. The maximum atomic E-state index is 9.94. The van der Waals surface area contributed by atoms with Crippen LogP contribution in [0.4, 0.5) is 0 Å². The molecule has 1 aromatic rings. The van der Waals surface area contributed by atoms with Crippen LogP contribution in [0.25, 0.3) is 0 Å². The summed E-state index contributed by atoms with van der Waals surface area (Å²) in [6.07, 6.45) is 1.38. The van der Waals surface area contributed by atoms with E-state index in [9.17, 15) is 5.11 Å². The Morgan fingerprint density at radius 1 is 1.43 bits per heavy atom. The summed E-state index contributed by atoms with van der Waals surface area (Å²) in [5.41, 5.74) is 2.26. The monoisotopic (exact) mass is 192 g/mol. The fraction of sp³-hybridized carbons (Fsp3) is 0.500. The lowest BCUT2D eigenvalue weighted by Crippen LogP contribution is -2.18. The van der Waals surface area contributed by atoms with E-state index < -0.39 is 6.10 Å². The second-order valence-electron chi connectivity index (χ2n) is 3.76. The van der Waals surface area contributed by atoms with Gasteiger partial charge >= 0.3 is 0 Å². The number of hydrogen-bond donors (Lipinski definition) is 1. The Bertz CT molecular complexity index is 309. The molecule has 0 fully saturated rings.